The first kappa shape index (κ1) is 18.1. The average Bonchev–Trinajstić information content (AvgIpc) is 2.52. The number of para-hydroxylation sites is 1. The van der Waals surface area contributed by atoms with E-state index in [1.54, 1.807) is 0 Å². The van der Waals surface area contributed by atoms with Gasteiger partial charge in [-0.2, -0.15) is 0 Å². The molecule has 2 aromatic rings. The maximum atomic E-state index is 12.4. The maximum Gasteiger partial charge on any atom is 0.242 e. The second-order valence-electron chi connectivity index (χ2n) is 5.32. The second-order valence-corrected chi connectivity index (χ2v) is 5.32. The Balaban J connectivity index is 0.00000242. The lowest BCUT2D eigenvalue weighted by Crippen LogP contribution is -2.39. The van der Waals surface area contributed by atoms with E-state index in [0.29, 0.717) is 13.1 Å². The zero-order valence-corrected chi connectivity index (χ0v) is 13.8. The molecule has 0 unspecified atom stereocenters. The van der Waals surface area contributed by atoms with Crippen LogP contribution in [-0.2, 0) is 11.3 Å². The van der Waals surface area contributed by atoms with Crippen LogP contribution in [0.3, 0.4) is 0 Å². The third-order valence-electron chi connectivity index (χ3n) is 3.36. The van der Waals surface area contributed by atoms with E-state index in [4.69, 9.17) is 0 Å². The van der Waals surface area contributed by atoms with Crippen LogP contribution in [0.15, 0.2) is 60.7 Å². The number of amides is 1. The standard InChI is InChI=1S/C18H22N2O.ClH/c1-15(2)20(14-16-9-5-3-6-10-16)18(21)13-19-17-11-7-4-8-12-17;/h3-12,15,19H,13-14H2,1-2H3;1H. The quantitative estimate of drug-likeness (QED) is 0.874. The number of halogens is 1. The van der Waals surface area contributed by atoms with E-state index in [9.17, 15) is 4.79 Å². The molecule has 0 aromatic heterocycles. The Morgan fingerprint density at radius 3 is 2.09 bits per heavy atom. The van der Waals surface area contributed by atoms with Gasteiger partial charge in [0.05, 0.1) is 6.54 Å². The summed E-state index contributed by atoms with van der Waals surface area (Å²) in [5.74, 6) is 0.109. The highest BCUT2D eigenvalue weighted by Crippen LogP contribution is 2.10. The van der Waals surface area contributed by atoms with E-state index < -0.39 is 0 Å². The van der Waals surface area contributed by atoms with Crippen LogP contribution in [0.25, 0.3) is 0 Å². The Bertz CT molecular complexity index is 558. The third kappa shape index (κ3) is 5.41. The molecule has 0 saturated heterocycles. The Morgan fingerprint density at radius 2 is 1.55 bits per heavy atom. The topological polar surface area (TPSA) is 32.3 Å². The number of carbonyl (C=O) groups excluding carboxylic acids is 1. The molecule has 0 atom stereocenters. The highest BCUT2D eigenvalue weighted by Gasteiger charge is 2.16. The van der Waals surface area contributed by atoms with Gasteiger partial charge in [0.15, 0.2) is 0 Å². The molecule has 2 aromatic carbocycles. The van der Waals surface area contributed by atoms with Crippen LogP contribution in [0.1, 0.15) is 19.4 Å². The molecule has 0 aliphatic carbocycles. The molecular formula is C18H23ClN2O. The van der Waals surface area contributed by atoms with Gasteiger partial charge in [-0.1, -0.05) is 48.5 Å². The number of hydrogen-bond acceptors (Lipinski definition) is 2. The Morgan fingerprint density at radius 1 is 1.00 bits per heavy atom. The van der Waals surface area contributed by atoms with Crippen LogP contribution in [0.5, 0.6) is 0 Å². The molecule has 0 fully saturated rings. The number of nitrogens with one attached hydrogen (secondary N) is 1. The lowest BCUT2D eigenvalue weighted by Gasteiger charge is -2.27. The van der Waals surface area contributed by atoms with Gasteiger partial charge < -0.3 is 10.2 Å². The van der Waals surface area contributed by atoms with Gasteiger partial charge in [-0.15, -0.1) is 12.4 Å². The Labute approximate surface area is 138 Å². The van der Waals surface area contributed by atoms with Crippen LogP contribution in [0, 0.1) is 0 Å². The summed E-state index contributed by atoms with van der Waals surface area (Å²) in [6.07, 6.45) is 0. The number of anilines is 1. The molecule has 0 heterocycles. The van der Waals surface area contributed by atoms with Crippen molar-refractivity contribution >= 4 is 24.0 Å². The Kier molecular flexibility index (Phi) is 7.47. The molecular weight excluding hydrogens is 296 g/mol. The van der Waals surface area contributed by atoms with E-state index >= 15 is 0 Å². The normalized spacial score (nSPS) is 9.95. The zero-order valence-electron chi connectivity index (χ0n) is 13.0. The first-order valence-corrected chi connectivity index (χ1v) is 7.29. The molecule has 0 saturated carbocycles. The molecule has 0 aliphatic rings. The lowest BCUT2D eigenvalue weighted by molar-refractivity contribution is -0.131. The third-order valence-corrected chi connectivity index (χ3v) is 3.36. The molecule has 4 heteroatoms. The van der Waals surface area contributed by atoms with Crippen LogP contribution < -0.4 is 5.32 Å². The van der Waals surface area contributed by atoms with Crippen molar-refractivity contribution in [2.45, 2.75) is 26.4 Å². The fourth-order valence-electron chi connectivity index (χ4n) is 2.17. The monoisotopic (exact) mass is 318 g/mol. The molecule has 1 N–H and O–H groups in total. The molecule has 22 heavy (non-hydrogen) atoms. The van der Waals surface area contributed by atoms with Crippen LogP contribution in [0.4, 0.5) is 5.69 Å². The van der Waals surface area contributed by atoms with Gasteiger partial charge in [-0.3, -0.25) is 4.79 Å². The number of rotatable bonds is 6. The van der Waals surface area contributed by atoms with Crippen LogP contribution >= 0.6 is 12.4 Å². The first-order chi connectivity index (χ1) is 10.2. The Hall–Kier alpha value is -2.00. The predicted molar refractivity (Wildman–Crippen MR) is 94.3 cm³/mol. The second kappa shape index (κ2) is 9.11. The van der Waals surface area contributed by atoms with Gasteiger partial charge in [-0.05, 0) is 31.5 Å². The summed E-state index contributed by atoms with van der Waals surface area (Å²) in [6, 6.07) is 20.1. The van der Waals surface area contributed by atoms with Crippen LogP contribution in [0.2, 0.25) is 0 Å². The number of carbonyl (C=O) groups is 1. The first-order valence-electron chi connectivity index (χ1n) is 7.29. The van der Waals surface area contributed by atoms with Gasteiger partial charge in [0.1, 0.15) is 0 Å². The van der Waals surface area contributed by atoms with Crippen molar-refractivity contribution in [3.63, 3.8) is 0 Å². The number of hydrogen-bond donors (Lipinski definition) is 1. The fraction of sp³-hybridized carbons (Fsp3) is 0.278. The molecule has 2 rings (SSSR count). The van der Waals surface area contributed by atoms with Gasteiger partial charge in [0, 0.05) is 18.3 Å². The van der Waals surface area contributed by atoms with Crippen molar-refractivity contribution in [1.82, 2.24) is 4.90 Å². The predicted octanol–water partition coefficient (Wildman–Crippen LogP) is 3.96. The van der Waals surface area contributed by atoms with Gasteiger partial charge in [0.2, 0.25) is 5.91 Å². The summed E-state index contributed by atoms with van der Waals surface area (Å²) in [6.45, 7) is 5.05. The summed E-state index contributed by atoms with van der Waals surface area (Å²) in [5.41, 5.74) is 2.12. The number of benzene rings is 2. The molecule has 0 bridgehead atoms. The van der Waals surface area contributed by atoms with Crippen molar-refractivity contribution in [3.05, 3.63) is 66.2 Å². The van der Waals surface area contributed by atoms with Crippen molar-refractivity contribution in [2.75, 3.05) is 11.9 Å². The average molecular weight is 319 g/mol. The summed E-state index contributed by atoms with van der Waals surface area (Å²) in [5, 5.41) is 3.17. The molecule has 118 valence electrons. The summed E-state index contributed by atoms with van der Waals surface area (Å²) in [7, 11) is 0. The van der Waals surface area contributed by atoms with E-state index in [0.717, 1.165) is 11.3 Å². The highest BCUT2D eigenvalue weighted by molar-refractivity contribution is 5.85. The minimum Gasteiger partial charge on any atom is -0.376 e. The van der Waals surface area contributed by atoms with E-state index in [1.165, 1.54) is 0 Å². The van der Waals surface area contributed by atoms with Gasteiger partial charge >= 0.3 is 0 Å². The van der Waals surface area contributed by atoms with E-state index in [1.807, 2.05) is 79.4 Å². The summed E-state index contributed by atoms with van der Waals surface area (Å²) in [4.78, 5) is 14.3. The van der Waals surface area contributed by atoms with Crippen molar-refractivity contribution in [1.29, 1.82) is 0 Å². The molecule has 0 aliphatic heterocycles. The van der Waals surface area contributed by atoms with E-state index in [-0.39, 0.29) is 24.4 Å². The van der Waals surface area contributed by atoms with Crippen LogP contribution in [-0.4, -0.2) is 23.4 Å². The van der Waals surface area contributed by atoms with Gasteiger partial charge in [-0.25, -0.2) is 0 Å². The van der Waals surface area contributed by atoms with Gasteiger partial charge in [0.25, 0.3) is 0 Å². The largest absolute Gasteiger partial charge is 0.376 e. The van der Waals surface area contributed by atoms with Crippen molar-refractivity contribution < 1.29 is 4.79 Å². The minimum atomic E-state index is 0. The summed E-state index contributed by atoms with van der Waals surface area (Å²) < 4.78 is 0. The fourth-order valence-corrected chi connectivity index (χ4v) is 2.17. The lowest BCUT2D eigenvalue weighted by atomic mass is 10.2. The summed E-state index contributed by atoms with van der Waals surface area (Å²) >= 11 is 0. The maximum absolute atomic E-state index is 12.4. The number of nitrogens with zero attached hydrogens (tertiary/aromatic N) is 1. The van der Waals surface area contributed by atoms with Crippen molar-refractivity contribution in [2.24, 2.45) is 0 Å². The zero-order chi connectivity index (χ0) is 15.1. The minimum absolute atomic E-state index is 0. The highest BCUT2D eigenvalue weighted by atomic mass is 35.5. The van der Waals surface area contributed by atoms with Crippen molar-refractivity contribution in [3.8, 4) is 0 Å². The SMILES string of the molecule is CC(C)N(Cc1ccccc1)C(=O)CNc1ccccc1.Cl. The smallest absolute Gasteiger partial charge is 0.242 e. The molecule has 0 radical (unpaired) electrons. The molecule has 3 nitrogen and oxygen atoms in total. The van der Waals surface area contributed by atoms with E-state index in [2.05, 4.69) is 5.32 Å². The molecule has 1 amide bonds. The molecule has 0 spiro atoms.